The van der Waals surface area contributed by atoms with Gasteiger partial charge in [-0.15, -0.1) is 0 Å². The normalized spacial score (nSPS) is 12.7. The number of hydrogen-bond acceptors (Lipinski definition) is 3. The Morgan fingerprint density at radius 1 is 1.12 bits per heavy atom. The second kappa shape index (κ2) is 10.2. The summed E-state index contributed by atoms with van der Waals surface area (Å²) in [5, 5.41) is 6.78. The van der Waals surface area contributed by atoms with Gasteiger partial charge >= 0.3 is 6.18 Å². The highest BCUT2D eigenvalue weighted by atomic mass is 35.5. The number of nitrogens with zero attached hydrogens (tertiary/aromatic N) is 3. The lowest BCUT2D eigenvalue weighted by Gasteiger charge is -2.30. The Bertz CT molecular complexity index is 1050. The number of nitrogens with one attached hydrogen (secondary N) is 1. The van der Waals surface area contributed by atoms with Gasteiger partial charge in [-0.25, -0.2) is 4.68 Å². The zero-order valence-corrected chi connectivity index (χ0v) is 18.5. The number of carbonyl (C=O) groups is 1. The van der Waals surface area contributed by atoms with Gasteiger partial charge in [-0.1, -0.05) is 61.8 Å². The van der Waals surface area contributed by atoms with E-state index in [-0.39, 0.29) is 23.3 Å². The third-order valence-electron chi connectivity index (χ3n) is 5.23. The van der Waals surface area contributed by atoms with E-state index in [2.05, 4.69) is 15.3 Å². The van der Waals surface area contributed by atoms with Gasteiger partial charge in [-0.2, -0.15) is 18.3 Å². The second-order valence-electron chi connectivity index (χ2n) is 7.15. The number of likely N-dealkylation sites (N-methyl/N-ethyl adjacent to an activating group) is 1. The first-order chi connectivity index (χ1) is 15.3. The largest absolute Gasteiger partial charge is 0.434 e. The van der Waals surface area contributed by atoms with Crippen molar-refractivity contribution in [1.29, 1.82) is 0 Å². The van der Waals surface area contributed by atoms with Gasteiger partial charge < -0.3 is 5.32 Å². The summed E-state index contributed by atoms with van der Waals surface area (Å²) < 4.78 is 42.4. The third kappa shape index (κ3) is 5.31. The molecule has 1 atom stereocenters. The van der Waals surface area contributed by atoms with Crippen molar-refractivity contribution < 1.29 is 18.0 Å². The molecule has 0 saturated carbocycles. The molecule has 9 heteroatoms. The van der Waals surface area contributed by atoms with E-state index in [1.54, 1.807) is 6.07 Å². The van der Waals surface area contributed by atoms with Crippen molar-refractivity contribution in [2.45, 2.75) is 26.1 Å². The molecular weight excluding hydrogens is 441 g/mol. The number of rotatable bonds is 8. The predicted molar refractivity (Wildman–Crippen MR) is 118 cm³/mol. The molecule has 0 aliphatic heterocycles. The quantitative estimate of drug-likeness (QED) is 0.488. The maximum absolute atomic E-state index is 13.9. The molecular formula is C23H24ClF3N4O. The van der Waals surface area contributed by atoms with Crippen molar-refractivity contribution in [1.82, 2.24) is 20.0 Å². The molecule has 2 aromatic carbocycles. The van der Waals surface area contributed by atoms with Crippen LogP contribution in [0.25, 0.3) is 5.69 Å². The topological polar surface area (TPSA) is 50.2 Å². The maximum atomic E-state index is 13.9. The van der Waals surface area contributed by atoms with Crippen LogP contribution in [0, 0.1) is 0 Å². The minimum Gasteiger partial charge on any atom is -0.350 e. The standard InChI is InChI=1S/C23H24ClF3N4O/c1-3-30(4-2)20(16-9-6-5-7-10-16)15-28-22(32)19-14-29-31(21(19)23(25,26)27)18-12-8-11-17(24)13-18/h5-14,20H,3-4,15H2,1-2H3,(H,28,32). The number of benzene rings is 2. The molecule has 0 spiro atoms. The minimum absolute atomic E-state index is 0.120. The molecule has 0 aliphatic rings. The fourth-order valence-corrected chi connectivity index (χ4v) is 3.86. The SMILES string of the molecule is CCN(CC)C(CNC(=O)c1cnn(-c2cccc(Cl)c2)c1C(F)(F)F)c1ccccc1. The molecule has 0 fully saturated rings. The van der Waals surface area contributed by atoms with E-state index in [1.807, 2.05) is 44.2 Å². The van der Waals surface area contributed by atoms with E-state index >= 15 is 0 Å². The highest BCUT2D eigenvalue weighted by molar-refractivity contribution is 6.30. The molecule has 1 unspecified atom stereocenters. The number of aromatic nitrogens is 2. The Morgan fingerprint density at radius 3 is 2.41 bits per heavy atom. The number of alkyl halides is 3. The monoisotopic (exact) mass is 464 g/mol. The van der Waals surface area contributed by atoms with Gasteiger partial charge in [0.15, 0.2) is 5.69 Å². The Morgan fingerprint density at radius 2 is 1.81 bits per heavy atom. The van der Waals surface area contributed by atoms with E-state index in [1.165, 1.54) is 18.2 Å². The summed E-state index contributed by atoms with van der Waals surface area (Å²) in [5.41, 5.74) is -0.587. The van der Waals surface area contributed by atoms with Crippen molar-refractivity contribution in [3.63, 3.8) is 0 Å². The second-order valence-corrected chi connectivity index (χ2v) is 7.59. The van der Waals surface area contributed by atoms with Gasteiger partial charge in [-0.3, -0.25) is 9.69 Å². The molecule has 1 heterocycles. The third-order valence-corrected chi connectivity index (χ3v) is 5.46. The van der Waals surface area contributed by atoms with Crippen LogP contribution in [0.3, 0.4) is 0 Å². The fourth-order valence-electron chi connectivity index (χ4n) is 3.67. The molecule has 0 radical (unpaired) electrons. The van der Waals surface area contributed by atoms with Crippen LogP contribution < -0.4 is 5.32 Å². The number of carbonyl (C=O) groups excluding carboxylic acids is 1. The Labute approximate surface area is 189 Å². The summed E-state index contributed by atoms with van der Waals surface area (Å²) in [7, 11) is 0. The Kier molecular flexibility index (Phi) is 7.58. The molecule has 3 rings (SSSR count). The van der Waals surface area contributed by atoms with Crippen LogP contribution in [-0.4, -0.2) is 40.2 Å². The van der Waals surface area contributed by atoms with E-state index in [0.717, 1.165) is 24.8 Å². The van der Waals surface area contributed by atoms with Crippen LogP contribution in [-0.2, 0) is 6.18 Å². The molecule has 1 N–H and O–H groups in total. The fraction of sp³-hybridized carbons (Fsp3) is 0.304. The number of halogens is 4. The van der Waals surface area contributed by atoms with Crippen molar-refractivity contribution in [3.05, 3.63) is 82.6 Å². The van der Waals surface area contributed by atoms with Gasteiger partial charge in [0, 0.05) is 11.6 Å². The van der Waals surface area contributed by atoms with E-state index < -0.39 is 23.3 Å². The molecule has 5 nitrogen and oxygen atoms in total. The molecule has 3 aromatic rings. The predicted octanol–water partition coefficient (Wildman–Crippen LogP) is 5.36. The van der Waals surface area contributed by atoms with E-state index in [0.29, 0.717) is 4.68 Å². The molecule has 0 aliphatic carbocycles. The Balaban J connectivity index is 1.90. The van der Waals surface area contributed by atoms with Gasteiger partial charge in [-0.05, 0) is 36.9 Å². The van der Waals surface area contributed by atoms with E-state index in [9.17, 15) is 18.0 Å². The average Bonchev–Trinajstić information content (AvgIpc) is 3.23. The molecule has 170 valence electrons. The first kappa shape index (κ1) is 23.8. The average molecular weight is 465 g/mol. The first-order valence-corrected chi connectivity index (χ1v) is 10.6. The maximum Gasteiger partial charge on any atom is 0.434 e. The molecule has 32 heavy (non-hydrogen) atoms. The van der Waals surface area contributed by atoms with Gasteiger partial charge in [0.25, 0.3) is 5.91 Å². The highest BCUT2D eigenvalue weighted by Crippen LogP contribution is 2.34. The van der Waals surface area contributed by atoms with Crippen LogP contribution in [0.15, 0.2) is 60.8 Å². The van der Waals surface area contributed by atoms with Crippen molar-refractivity contribution >= 4 is 17.5 Å². The zero-order valence-electron chi connectivity index (χ0n) is 17.7. The van der Waals surface area contributed by atoms with E-state index in [4.69, 9.17) is 11.6 Å². The van der Waals surface area contributed by atoms with Crippen molar-refractivity contribution in [2.75, 3.05) is 19.6 Å². The van der Waals surface area contributed by atoms with Crippen LogP contribution in [0.4, 0.5) is 13.2 Å². The summed E-state index contributed by atoms with van der Waals surface area (Å²) >= 11 is 5.92. The van der Waals surface area contributed by atoms with Crippen LogP contribution >= 0.6 is 11.6 Å². The van der Waals surface area contributed by atoms with Gasteiger partial charge in [0.2, 0.25) is 0 Å². The summed E-state index contributed by atoms with van der Waals surface area (Å²) in [6.07, 6.45) is -3.85. The molecule has 0 bridgehead atoms. The van der Waals surface area contributed by atoms with Gasteiger partial charge in [0.05, 0.1) is 23.5 Å². The van der Waals surface area contributed by atoms with Crippen molar-refractivity contribution in [2.24, 2.45) is 0 Å². The lowest BCUT2D eigenvalue weighted by Crippen LogP contribution is -2.38. The highest BCUT2D eigenvalue weighted by Gasteiger charge is 2.40. The molecule has 1 aromatic heterocycles. The van der Waals surface area contributed by atoms with Crippen molar-refractivity contribution in [3.8, 4) is 5.69 Å². The number of hydrogen-bond donors (Lipinski definition) is 1. The van der Waals surface area contributed by atoms with Crippen LogP contribution in [0.2, 0.25) is 5.02 Å². The first-order valence-electron chi connectivity index (χ1n) is 10.2. The summed E-state index contributed by atoms with van der Waals surface area (Å²) in [6.45, 7) is 5.61. The van der Waals surface area contributed by atoms with Gasteiger partial charge in [0.1, 0.15) is 0 Å². The minimum atomic E-state index is -4.79. The number of amides is 1. The lowest BCUT2D eigenvalue weighted by molar-refractivity contribution is -0.143. The Hall–Kier alpha value is -2.84. The van der Waals surface area contributed by atoms with Crippen LogP contribution in [0.1, 0.15) is 41.5 Å². The summed E-state index contributed by atoms with van der Waals surface area (Å²) in [6, 6.07) is 15.3. The summed E-state index contributed by atoms with van der Waals surface area (Å²) in [4.78, 5) is 15.0. The smallest absolute Gasteiger partial charge is 0.350 e. The molecule has 0 saturated heterocycles. The van der Waals surface area contributed by atoms with Crippen LogP contribution in [0.5, 0.6) is 0 Å². The summed E-state index contributed by atoms with van der Waals surface area (Å²) in [5.74, 6) is -0.835. The molecule has 1 amide bonds. The lowest BCUT2D eigenvalue weighted by atomic mass is 10.0. The zero-order chi connectivity index (χ0) is 23.3.